The van der Waals surface area contributed by atoms with Crippen molar-refractivity contribution in [3.05, 3.63) is 35.2 Å². The van der Waals surface area contributed by atoms with Crippen LogP contribution in [0.1, 0.15) is 30.6 Å². The molecule has 0 aliphatic heterocycles. The Balaban J connectivity index is 2.30. The lowest BCUT2D eigenvalue weighted by molar-refractivity contribution is 0.0709. The zero-order valence-corrected chi connectivity index (χ0v) is 12.8. The van der Waals surface area contributed by atoms with Gasteiger partial charge in [0.25, 0.3) is 5.91 Å². The average Bonchev–Trinajstić information content (AvgIpc) is 2.82. The summed E-state index contributed by atoms with van der Waals surface area (Å²) in [6, 6.07) is 8.23. The van der Waals surface area contributed by atoms with E-state index in [1.165, 1.54) is 0 Å². The number of thiophene rings is 1. The van der Waals surface area contributed by atoms with E-state index in [1.54, 1.807) is 11.3 Å². The molecule has 1 aromatic carbocycles. The number of amides is 1. The lowest BCUT2D eigenvalue weighted by atomic mass is 10.1. The van der Waals surface area contributed by atoms with Crippen molar-refractivity contribution in [3.63, 3.8) is 0 Å². The molecule has 0 atom stereocenters. The first kappa shape index (κ1) is 14.4. The highest BCUT2D eigenvalue weighted by molar-refractivity contribution is 7.17. The quantitative estimate of drug-likeness (QED) is 0.750. The van der Waals surface area contributed by atoms with Crippen LogP contribution in [0, 0.1) is 0 Å². The lowest BCUT2D eigenvalue weighted by Crippen LogP contribution is -2.37. The summed E-state index contributed by atoms with van der Waals surface area (Å²) in [4.78, 5) is 14.6. The molecule has 0 aliphatic rings. The molecule has 2 nitrogen and oxygen atoms in total. The van der Waals surface area contributed by atoms with Crippen LogP contribution in [0.2, 0.25) is 0 Å². The van der Waals surface area contributed by atoms with Gasteiger partial charge >= 0.3 is 0 Å². The Kier molecular flexibility index (Phi) is 4.83. The summed E-state index contributed by atoms with van der Waals surface area (Å²) in [6.45, 7) is 4.80. The number of rotatable bonds is 5. The molecular formula is C15H18ClNOS. The van der Waals surface area contributed by atoms with Crippen molar-refractivity contribution in [1.29, 1.82) is 0 Å². The Morgan fingerprint density at radius 1 is 1.37 bits per heavy atom. The fourth-order valence-corrected chi connectivity index (χ4v) is 3.18. The van der Waals surface area contributed by atoms with Crippen molar-refractivity contribution in [2.75, 3.05) is 12.4 Å². The fraction of sp³-hybridized carbons (Fsp3) is 0.400. The van der Waals surface area contributed by atoms with Crippen LogP contribution in [-0.2, 0) is 0 Å². The average molecular weight is 296 g/mol. The van der Waals surface area contributed by atoms with Gasteiger partial charge in [0.15, 0.2) is 0 Å². The van der Waals surface area contributed by atoms with E-state index in [0.29, 0.717) is 12.4 Å². The summed E-state index contributed by atoms with van der Waals surface area (Å²) in [5, 5.41) is 3.01. The summed E-state index contributed by atoms with van der Waals surface area (Å²) in [5.74, 6) is 0.693. The van der Waals surface area contributed by atoms with Crippen LogP contribution in [0.3, 0.4) is 0 Å². The molecule has 1 aromatic heterocycles. The van der Waals surface area contributed by atoms with Gasteiger partial charge in [0.1, 0.15) is 0 Å². The van der Waals surface area contributed by atoms with Crippen molar-refractivity contribution >= 4 is 38.9 Å². The molecule has 0 radical (unpaired) electrons. The molecule has 2 aromatic rings. The SMILES string of the molecule is CC(C)N(CCCCl)C(=O)c1csc2ccccc12. The van der Waals surface area contributed by atoms with Crippen LogP contribution in [-0.4, -0.2) is 29.3 Å². The predicted molar refractivity (Wildman–Crippen MR) is 83.3 cm³/mol. The Morgan fingerprint density at radius 3 is 2.79 bits per heavy atom. The van der Waals surface area contributed by atoms with Crippen LogP contribution in [0.25, 0.3) is 10.1 Å². The topological polar surface area (TPSA) is 20.3 Å². The number of carbonyl (C=O) groups is 1. The minimum Gasteiger partial charge on any atom is -0.336 e. The van der Waals surface area contributed by atoms with Crippen LogP contribution < -0.4 is 0 Å². The molecule has 0 saturated carbocycles. The highest BCUT2D eigenvalue weighted by Gasteiger charge is 2.20. The number of alkyl halides is 1. The van der Waals surface area contributed by atoms with Gasteiger partial charge in [0, 0.05) is 33.9 Å². The molecule has 1 heterocycles. The predicted octanol–water partition coefficient (Wildman–Crippen LogP) is 4.38. The normalized spacial score (nSPS) is 11.2. The van der Waals surface area contributed by atoms with Crippen molar-refractivity contribution in [3.8, 4) is 0 Å². The van der Waals surface area contributed by atoms with E-state index < -0.39 is 0 Å². The first-order valence-corrected chi connectivity index (χ1v) is 7.89. The highest BCUT2D eigenvalue weighted by Crippen LogP contribution is 2.27. The Morgan fingerprint density at radius 2 is 2.11 bits per heavy atom. The van der Waals surface area contributed by atoms with E-state index in [2.05, 4.69) is 6.07 Å². The van der Waals surface area contributed by atoms with Gasteiger partial charge in [-0.3, -0.25) is 4.79 Å². The molecule has 102 valence electrons. The first-order valence-electron chi connectivity index (χ1n) is 6.48. The Hall–Kier alpha value is -1.06. The Bertz CT molecular complexity index is 564. The number of hydrogen-bond acceptors (Lipinski definition) is 2. The molecule has 0 aliphatic carbocycles. The fourth-order valence-electron chi connectivity index (χ4n) is 2.12. The summed E-state index contributed by atoms with van der Waals surface area (Å²) in [7, 11) is 0. The molecule has 0 fully saturated rings. The first-order chi connectivity index (χ1) is 9.15. The maximum atomic E-state index is 12.7. The maximum absolute atomic E-state index is 12.7. The van der Waals surface area contributed by atoms with Gasteiger partial charge in [-0.1, -0.05) is 18.2 Å². The zero-order valence-electron chi connectivity index (χ0n) is 11.2. The molecule has 19 heavy (non-hydrogen) atoms. The third kappa shape index (κ3) is 3.10. The van der Waals surface area contributed by atoms with E-state index in [0.717, 1.165) is 22.1 Å². The molecule has 0 bridgehead atoms. The monoisotopic (exact) mass is 295 g/mol. The van der Waals surface area contributed by atoms with Crippen LogP contribution in [0.4, 0.5) is 0 Å². The van der Waals surface area contributed by atoms with Crippen LogP contribution >= 0.6 is 22.9 Å². The molecule has 0 N–H and O–H groups in total. The second-order valence-electron chi connectivity index (χ2n) is 4.78. The summed E-state index contributed by atoms with van der Waals surface area (Å²) in [5.41, 5.74) is 0.809. The van der Waals surface area contributed by atoms with E-state index in [4.69, 9.17) is 11.6 Å². The van der Waals surface area contributed by atoms with E-state index >= 15 is 0 Å². The number of halogens is 1. The minimum atomic E-state index is 0.109. The molecule has 2 rings (SSSR count). The molecule has 0 unspecified atom stereocenters. The van der Waals surface area contributed by atoms with E-state index in [1.807, 2.05) is 42.3 Å². The number of fused-ring (bicyclic) bond motifs is 1. The Labute approximate surface area is 123 Å². The molecule has 0 saturated heterocycles. The van der Waals surface area contributed by atoms with Gasteiger partial charge in [0.05, 0.1) is 5.56 Å². The number of hydrogen-bond donors (Lipinski definition) is 0. The third-order valence-corrected chi connectivity index (χ3v) is 4.36. The maximum Gasteiger partial charge on any atom is 0.255 e. The van der Waals surface area contributed by atoms with E-state index in [9.17, 15) is 4.79 Å². The summed E-state index contributed by atoms with van der Waals surface area (Å²) >= 11 is 7.36. The van der Waals surface area contributed by atoms with Crippen LogP contribution in [0.5, 0.6) is 0 Å². The van der Waals surface area contributed by atoms with Crippen molar-refractivity contribution in [2.45, 2.75) is 26.3 Å². The third-order valence-electron chi connectivity index (χ3n) is 3.13. The van der Waals surface area contributed by atoms with Crippen molar-refractivity contribution in [1.82, 2.24) is 4.90 Å². The van der Waals surface area contributed by atoms with Gasteiger partial charge in [0.2, 0.25) is 0 Å². The number of carbonyl (C=O) groups excluding carboxylic acids is 1. The smallest absolute Gasteiger partial charge is 0.255 e. The largest absolute Gasteiger partial charge is 0.336 e. The minimum absolute atomic E-state index is 0.109. The van der Waals surface area contributed by atoms with Crippen LogP contribution in [0.15, 0.2) is 29.6 Å². The van der Waals surface area contributed by atoms with Gasteiger partial charge in [-0.05, 0) is 26.3 Å². The lowest BCUT2D eigenvalue weighted by Gasteiger charge is -2.26. The molecule has 4 heteroatoms. The van der Waals surface area contributed by atoms with Gasteiger partial charge < -0.3 is 4.90 Å². The van der Waals surface area contributed by atoms with Gasteiger partial charge in [-0.15, -0.1) is 22.9 Å². The molecule has 0 spiro atoms. The molecular weight excluding hydrogens is 278 g/mol. The van der Waals surface area contributed by atoms with Gasteiger partial charge in [-0.2, -0.15) is 0 Å². The van der Waals surface area contributed by atoms with Crippen molar-refractivity contribution in [2.24, 2.45) is 0 Å². The standard InChI is InChI=1S/C15H18ClNOS/c1-11(2)17(9-5-8-16)15(18)13-10-19-14-7-4-3-6-12(13)14/h3-4,6-7,10-11H,5,8-9H2,1-2H3. The van der Waals surface area contributed by atoms with E-state index in [-0.39, 0.29) is 11.9 Å². The summed E-state index contributed by atoms with van der Waals surface area (Å²) < 4.78 is 1.16. The second kappa shape index (κ2) is 6.40. The number of nitrogens with zero attached hydrogens (tertiary/aromatic N) is 1. The second-order valence-corrected chi connectivity index (χ2v) is 6.07. The number of benzene rings is 1. The zero-order chi connectivity index (χ0) is 13.8. The van der Waals surface area contributed by atoms with Gasteiger partial charge in [-0.25, -0.2) is 0 Å². The van der Waals surface area contributed by atoms with Crippen molar-refractivity contribution < 1.29 is 4.79 Å². The highest BCUT2D eigenvalue weighted by atomic mass is 35.5. The molecule has 1 amide bonds. The summed E-state index contributed by atoms with van der Waals surface area (Å²) in [6.07, 6.45) is 0.827.